The normalized spacial score (nSPS) is 10.8. The van der Waals surface area contributed by atoms with Gasteiger partial charge in [-0.05, 0) is 0 Å². The molecule has 7 heteroatoms. The number of anilines is 1. The minimum absolute atomic E-state index is 0.206. The van der Waals surface area contributed by atoms with Crippen molar-refractivity contribution in [3.05, 3.63) is 18.2 Å². The topological polar surface area (TPSA) is 69.0 Å². The van der Waals surface area contributed by atoms with Crippen LogP contribution in [0.5, 0.6) is 11.8 Å². The summed E-state index contributed by atoms with van der Waals surface area (Å²) in [5.41, 5.74) is 0. The van der Waals surface area contributed by atoms with Crippen LogP contribution in [0.1, 0.15) is 25.6 Å². The van der Waals surface area contributed by atoms with Crippen molar-refractivity contribution in [1.82, 2.24) is 24.7 Å². The summed E-state index contributed by atoms with van der Waals surface area (Å²) in [7, 11) is 5.59. The van der Waals surface area contributed by atoms with Crippen molar-refractivity contribution in [3.63, 3.8) is 0 Å². The Morgan fingerprint density at radius 2 is 1.95 bits per heavy atom. The quantitative estimate of drug-likeness (QED) is 0.833. The largest absolute Gasteiger partial charge is 0.421 e. The van der Waals surface area contributed by atoms with E-state index in [9.17, 15) is 0 Å². The minimum atomic E-state index is 0.206. The lowest BCUT2D eigenvalue weighted by atomic mass is 10.2. The first-order chi connectivity index (χ1) is 8.95. The van der Waals surface area contributed by atoms with Gasteiger partial charge < -0.3 is 9.64 Å². The van der Waals surface area contributed by atoms with E-state index in [-0.39, 0.29) is 11.9 Å². The highest BCUT2D eigenvalue weighted by Crippen LogP contribution is 2.20. The van der Waals surface area contributed by atoms with Crippen molar-refractivity contribution in [2.24, 2.45) is 7.05 Å². The van der Waals surface area contributed by atoms with Crippen molar-refractivity contribution in [2.75, 3.05) is 19.0 Å². The lowest BCUT2D eigenvalue weighted by Crippen LogP contribution is -2.15. The first kappa shape index (κ1) is 13.3. The van der Waals surface area contributed by atoms with Gasteiger partial charge >= 0.3 is 6.01 Å². The molecule has 0 N–H and O–H groups in total. The molecule has 2 aromatic rings. The number of aromatic nitrogens is 5. The molecule has 0 aliphatic heterocycles. The summed E-state index contributed by atoms with van der Waals surface area (Å²) in [5.74, 6) is 2.10. The Hall–Kier alpha value is -2.18. The third kappa shape index (κ3) is 3.18. The summed E-state index contributed by atoms with van der Waals surface area (Å²) in [5, 5.41) is 4.04. The second-order valence-electron chi connectivity index (χ2n) is 4.78. The maximum atomic E-state index is 5.61. The Morgan fingerprint density at radius 1 is 1.21 bits per heavy atom. The van der Waals surface area contributed by atoms with Crippen LogP contribution in [-0.2, 0) is 7.05 Å². The summed E-state index contributed by atoms with van der Waals surface area (Å²) in [4.78, 5) is 14.8. The first-order valence-electron chi connectivity index (χ1n) is 6.05. The Bertz CT molecular complexity index is 537. The maximum Gasteiger partial charge on any atom is 0.327 e. The highest BCUT2D eigenvalue weighted by molar-refractivity contribution is 5.30. The molecule has 0 aliphatic rings. The lowest BCUT2D eigenvalue weighted by Gasteiger charge is -2.13. The van der Waals surface area contributed by atoms with Crippen LogP contribution in [0.15, 0.2) is 12.4 Å². The highest BCUT2D eigenvalue weighted by Gasteiger charge is 2.12. The molecule has 0 aromatic carbocycles. The molecule has 0 unspecified atom stereocenters. The van der Waals surface area contributed by atoms with E-state index in [0.717, 1.165) is 0 Å². The summed E-state index contributed by atoms with van der Waals surface area (Å²) >= 11 is 0. The molecule has 0 bridgehead atoms. The average Bonchev–Trinajstić information content (AvgIpc) is 2.74. The van der Waals surface area contributed by atoms with Gasteiger partial charge in [0.15, 0.2) is 5.75 Å². The van der Waals surface area contributed by atoms with Crippen LogP contribution in [0, 0.1) is 0 Å². The number of ether oxygens (including phenoxy) is 1. The third-order valence-corrected chi connectivity index (χ3v) is 2.43. The average molecular weight is 262 g/mol. The monoisotopic (exact) mass is 262 g/mol. The molecule has 2 rings (SSSR count). The molecule has 102 valence electrons. The van der Waals surface area contributed by atoms with E-state index in [0.29, 0.717) is 17.5 Å². The van der Waals surface area contributed by atoms with Gasteiger partial charge in [-0.15, -0.1) is 0 Å². The van der Waals surface area contributed by atoms with Gasteiger partial charge in [-0.1, -0.05) is 13.8 Å². The second-order valence-corrected chi connectivity index (χ2v) is 4.78. The van der Waals surface area contributed by atoms with Crippen molar-refractivity contribution >= 4 is 5.95 Å². The summed E-state index contributed by atoms with van der Waals surface area (Å²) in [6.45, 7) is 4.06. The van der Waals surface area contributed by atoms with E-state index in [1.54, 1.807) is 17.1 Å². The second kappa shape index (κ2) is 5.21. The van der Waals surface area contributed by atoms with Crippen molar-refractivity contribution < 1.29 is 4.74 Å². The standard InChI is InChI=1S/C12H18N6O/c1-8(2)10-14-11(17(3)4)16-12(15-10)19-9-6-13-18(5)7-9/h6-8H,1-5H3. The molecule has 7 nitrogen and oxygen atoms in total. The molecule has 0 amide bonds. The fraction of sp³-hybridized carbons (Fsp3) is 0.500. The van der Waals surface area contributed by atoms with Gasteiger partial charge in [-0.2, -0.15) is 20.1 Å². The number of hydrogen-bond donors (Lipinski definition) is 0. The highest BCUT2D eigenvalue weighted by atomic mass is 16.5. The van der Waals surface area contributed by atoms with Gasteiger partial charge in [0, 0.05) is 27.1 Å². The minimum Gasteiger partial charge on any atom is -0.421 e. The molecule has 2 aromatic heterocycles. The van der Waals surface area contributed by atoms with Crippen LogP contribution in [0.25, 0.3) is 0 Å². The van der Waals surface area contributed by atoms with Crippen LogP contribution in [0.2, 0.25) is 0 Å². The lowest BCUT2D eigenvalue weighted by molar-refractivity contribution is 0.434. The summed E-state index contributed by atoms with van der Waals surface area (Å²) < 4.78 is 7.27. The van der Waals surface area contributed by atoms with Crippen LogP contribution in [0.3, 0.4) is 0 Å². The Kier molecular flexibility index (Phi) is 3.64. The predicted molar refractivity (Wildman–Crippen MR) is 71.5 cm³/mol. The zero-order valence-corrected chi connectivity index (χ0v) is 11.8. The van der Waals surface area contributed by atoms with Crippen LogP contribution in [-0.4, -0.2) is 38.8 Å². The summed E-state index contributed by atoms with van der Waals surface area (Å²) in [6.07, 6.45) is 3.38. The Labute approximate surface area is 112 Å². The van der Waals surface area contributed by atoms with Crippen LogP contribution in [0.4, 0.5) is 5.95 Å². The van der Waals surface area contributed by atoms with Crippen molar-refractivity contribution in [3.8, 4) is 11.8 Å². The number of rotatable bonds is 4. The molecular formula is C12H18N6O. The molecule has 19 heavy (non-hydrogen) atoms. The smallest absolute Gasteiger partial charge is 0.327 e. The molecule has 0 saturated heterocycles. The first-order valence-corrected chi connectivity index (χ1v) is 6.05. The van der Waals surface area contributed by atoms with E-state index < -0.39 is 0 Å². The Morgan fingerprint density at radius 3 is 2.47 bits per heavy atom. The molecule has 0 radical (unpaired) electrons. The number of hydrogen-bond acceptors (Lipinski definition) is 6. The van der Waals surface area contributed by atoms with Gasteiger partial charge in [0.2, 0.25) is 5.95 Å². The molecule has 0 spiro atoms. The molecule has 0 aliphatic carbocycles. The molecule has 2 heterocycles. The van der Waals surface area contributed by atoms with Crippen molar-refractivity contribution in [1.29, 1.82) is 0 Å². The fourth-order valence-electron chi connectivity index (χ4n) is 1.42. The Balaban J connectivity index is 2.33. The van der Waals surface area contributed by atoms with Gasteiger partial charge in [0.05, 0.1) is 12.4 Å². The number of nitrogens with zero attached hydrogens (tertiary/aromatic N) is 6. The predicted octanol–water partition coefficient (Wildman–Crippen LogP) is 1.59. The molecule has 0 fully saturated rings. The van der Waals surface area contributed by atoms with Crippen molar-refractivity contribution in [2.45, 2.75) is 19.8 Å². The fourth-order valence-corrected chi connectivity index (χ4v) is 1.42. The third-order valence-electron chi connectivity index (χ3n) is 2.43. The SMILES string of the molecule is CC(C)c1nc(Oc2cnn(C)c2)nc(N(C)C)n1. The van der Waals surface area contributed by atoms with Crippen LogP contribution < -0.4 is 9.64 Å². The molecular weight excluding hydrogens is 244 g/mol. The van der Waals surface area contributed by atoms with E-state index in [1.165, 1.54) is 0 Å². The van der Waals surface area contributed by atoms with Gasteiger partial charge in [-0.3, -0.25) is 4.68 Å². The van der Waals surface area contributed by atoms with Gasteiger partial charge in [0.1, 0.15) is 5.82 Å². The zero-order chi connectivity index (χ0) is 14.0. The molecule has 0 atom stereocenters. The summed E-state index contributed by atoms with van der Waals surface area (Å²) in [6, 6.07) is 0.287. The van der Waals surface area contributed by atoms with E-state index in [4.69, 9.17) is 4.74 Å². The maximum absolute atomic E-state index is 5.61. The van der Waals surface area contributed by atoms with Gasteiger partial charge in [0.25, 0.3) is 0 Å². The number of aryl methyl sites for hydroxylation is 1. The van der Waals surface area contributed by atoms with Gasteiger partial charge in [-0.25, -0.2) is 0 Å². The molecule has 0 saturated carbocycles. The van der Waals surface area contributed by atoms with E-state index in [1.807, 2.05) is 39.9 Å². The van der Waals surface area contributed by atoms with E-state index >= 15 is 0 Å². The van der Waals surface area contributed by atoms with E-state index in [2.05, 4.69) is 20.1 Å². The van der Waals surface area contributed by atoms with Crippen LogP contribution >= 0.6 is 0 Å². The zero-order valence-electron chi connectivity index (χ0n) is 11.8.